The number of H-pyrrole nitrogens is 1. The molecule has 12 heteroatoms. The highest BCUT2D eigenvalue weighted by Crippen LogP contribution is 2.34. The number of piperazine rings is 1. The van der Waals surface area contributed by atoms with Gasteiger partial charge in [0.15, 0.2) is 0 Å². The molecule has 2 fully saturated rings. The maximum absolute atomic E-state index is 13.3. The zero-order valence-corrected chi connectivity index (χ0v) is 31.6. The van der Waals surface area contributed by atoms with E-state index in [1.807, 2.05) is 65.8 Å². The Balaban J connectivity index is 0.859. The Morgan fingerprint density at radius 2 is 1.56 bits per heavy atom. The maximum Gasteiger partial charge on any atom is 0.328 e. The van der Waals surface area contributed by atoms with Gasteiger partial charge in [-0.05, 0) is 83.6 Å². The number of hydrogen-bond acceptors (Lipinski definition) is 7. The van der Waals surface area contributed by atoms with Crippen molar-refractivity contribution < 1.29 is 19.2 Å². The van der Waals surface area contributed by atoms with E-state index in [9.17, 15) is 19.2 Å². The Morgan fingerprint density at radius 3 is 2.29 bits per heavy atom. The monoisotopic (exact) mass is 738 g/mol. The molecule has 3 aliphatic rings. The number of benzene rings is 3. The molecule has 2 aromatic heterocycles. The third kappa shape index (κ3) is 7.42. The predicted molar refractivity (Wildman–Crippen MR) is 214 cm³/mol. The minimum Gasteiger partial charge on any atom is -0.368 e. The number of aromatic amines is 1. The van der Waals surface area contributed by atoms with E-state index in [1.165, 1.54) is 16.7 Å². The Labute approximate surface area is 320 Å². The SMILES string of the molecule is Cc1cc(-c2cnc3[nH]cc(-c4ccc(C(=O)N(C)C)cc4)c3c2)cc2c1CN(CCC(=O)N1CCN(c3ccc(N4CCC(=O)NC4=O)cc3)CC1)CC2. The molecule has 55 heavy (non-hydrogen) atoms. The van der Waals surface area contributed by atoms with E-state index in [0.29, 0.717) is 38.0 Å². The number of nitrogens with zero attached hydrogens (tertiary/aromatic N) is 6. The van der Waals surface area contributed by atoms with Gasteiger partial charge in [-0.1, -0.05) is 24.3 Å². The van der Waals surface area contributed by atoms with Crippen LogP contribution in [0.1, 0.15) is 39.9 Å². The number of pyridine rings is 1. The van der Waals surface area contributed by atoms with Gasteiger partial charge in [-0.25, -0.2) is 9.78 Å². The van der Waals surface area contributed by atoms with Gasteiger partial charge >= 0.3 is 6.03 Å². The van der Waals surface area contributed by atoms with Crippen LogP contribution in [-0.2, 0) is 22.6 Å². The summed E-state index contributed by atoms with van der Waals surface area (Å²) in [5, 5.41) is 3.41. The number of imide groups is 1. The van der Waals surface area contributed by atoms with Crippen molar-refractivity contribution in [1.82, 2.24) is 30.0 Å². The summed E-state index contributed by atoms with van der Waals surface area (Å²) in [6, 6.07) is 21.9. The van der Waals surface area contributed by atoms with E-state index < -0.39 is 0 Å². The Kier molecular flexibility index (Phi) is 9.83. The molecule has 5 aromatic rings. The van der Waals surface area contributed by atoms with Crippen LogP contribution in [0.15, 0.2) is 79.1 Å². The van der Waals surface area contributed by atoms with Crippen LogP contribution in [0.25, 0.3) is 33.3 Å². The largest absolute Gasteiger partial charge is 0.368 e. The summed E-state index contributed by atoms with van der Waals surface area (Å²) in [6.07, 6.45) is 5.64. The molecule has 3 aliphatic heterocycles. The number of nitrogens with one attached hydrogen (secondary N) is 2. The maximum atomic E-state index is 13.3. The second-order valence-electron chi connectivity index (χ2n) is 14.9. The van der Waals surface area contributed by atoms with Crippen molar-refractivity contribution in [3.8, 4) is 22.3 Å². The quantitative estimate of drug-likeness (QED) is 0.217. The molecule has 5 amide bonds. The number of aromatic nitrogens is 2. The van der Waals surface area contributed by atoms with Crippen molar-refractivity contribution in [3.05, 3.63) is 101 Å². The molecule has 0 aliphatic carbocycles. The van der Waals surface area contributed by atoms with Crippen molar-refractivity contribution in [2.75, 3.05) is 69.7 Å². The molecule has 0 spiro atoms. The highest BCUT2D eigenvalue weighted by Gasteiger charge is 2.26. The molecular formula is C43H46N8O4. The van der Waals surface area contributed by atoms with Crippen molar-refractivity contribution in [3.63, 3.8) is 0 Å². The number of fused-ring (bicyclic) bond motifs is 2. The molecule has 5 heterocycles. The minimum absolute atomic E-state index is 0.0196. The topological polar surface area (TPSA) is 125 Å². The van der Waals surface area contributed by atoms with Crippen LogP contribution in [0.5, 0.6) is 0 Å². The summed E-state index contributed by atoms with van der Waals surface area (Å²) in [5.41, 5.74) is 11.5. The van der Waals surface area contributed by atoms with Crippen molar-refractivity contribution >= 4 is 46.2 Å². The third-order valence-corrected chi connectivity index (χ3v) is 11.2. The molecule has 0 atom stereocenters. The van der Waals surface area contributed by atoms with Crippen molar-refractivity contribution in [2.45, 2.75) is 32.7 Å². The van der Waals surface area contributed by atoms with Crippen LogP contribution in [0.4, 0.5) is 16.2 Å². The van der Waals surface area contributed by atoms with Gasteiger partial charge in [0.1, 0.15) is 5.65 Å². The van der Waals surface area contributed by atoms with Crippen LogP contribution < -0.4 is 15.1 Å². The molecule has 0 bridgehead atoms. The first kappa shape index (κ1) is 36.0. The number of rotatable bonds is 8. The highest BCUT2D eigenvalue weighted by molar-refractivity contribution is 6.05. The molecule has 0 unspecified atom stereocenters. The Hall–Kier alpha value is -6.01. The van der Waals surface area contributed by atoms with Crippen LogP contribution in [0.3, 0.4) is 0 Å². The number of carbonyl (C=O) groups excluding carboxylic acids is 4. The lowest BCUT2D eigenvalue weighted by Crippen LogP contribution is -2.50. The summed E-state index contributed by atoms with van der Waals surface area (Å²) in [4.78, 5) is 67.3. The average Bonchev–Trinajstić information content (AvgIpc) is 3.63. The van der Waals surface area contributed by atoms with E-state index in [-0.39, 0.29) is 23.8 Å². The summed E-state index contributed by atoms with van der Waals surface area (Å²) < 4.78 is 0. The highest BCUT2D eigenvalue weighted by atomic mass is 16.2. The Bertz CT molecular complexity index is 2270. The van der Waals surface area contributed by atoms with Gasteiger partial charge < -0.3 is 19.7 Å². The lowest BCUT2D eigenvalue weighted by Gasteiger charge is -2.37. The lowest BCUT2D eigenvalue weighted by atomic mass is 9.90. The number of urea groups is 1. The van der Waals surface area contributed by atoms with Gasteiger partial charge in [0.25, 0.3) is 5.91 Å². The second kappa shape index (κ2) is 15.0. The molecule has 12 nitrogen and oxygen atoms in total. The van der Waals surface area contributed by atoms with Gasteiger partial charge in [0, 0.05) is 125 Å². The molecule has 3 aromatic carbocycles. The molecule has 282 valence electrons. The number of hydrogen-bond donors (Lipinski definition) is 2. The first-order chi connectivity index (χ1) is 26.6. The standard InChI is InChI=1S/C43H46N8O4/c1-28-22-32(33-24-36-37(26-45-41(36)44-25-33)29-4-6-30(7-5-29)42(54)47(2)3)23-31-12-15-48(27-38(28)31)16-14-40(53)50-20-18-49(19-21-50)34-8-10-35(11-9-34)51-17-13-39(52)46-43(51)55/h4-11,22-26H,12-21,27H2,1-3H3,(H,44,45)(H,46,52,55). The summed E-state index contributed by atoms with van der Waals surface area (Å²) in [7, 11) is 3.51. The van der Waals surface area contributed by atoms with Gasteiger partial charge in [0.2, 0.25) is 11.8 Å². The number of aryl methyl sites for hydroxylation is 1. The molecule has 0 saturated carbocycles. The fourth-order valence-electron chi connectivity index (χ4n) is 8.01. The average molecular weight is 739 g/mol. The van der Waals surface area contributed by atoms with Gasteiger partial charge in [-0.3, -0.25) is 29.5 Å². The molecule has 2 saturated heterocycles. The van der Waals surface area contributed by atoms with Crippen LogP contribution in [-0.4, -0.2) is 108 Å². The van der Waals surface area contributed by atoms with E-state index in [0.717, 1.165) is 83.8 Å². The van der Waals surface area contributed by atoms with Gasteiger partial charge in [-0.15, -0.1) is 0 Å². The molecule has 2 N–H and O–H groups in total. The zero-order chi connectivity index (χ0) is 38.2. The zero-order valence-electron chi connectivity index (χ0n) is 31.6. The first-order valence-electron chi connectivity index (χ1n) is 19.0. The van der Waals surface area contributed by atoms with Gasteiger partial charge in [0.05, 0.1) is 0 Å². The van der Waals surface area contributed by atoms with Crippen molar-refractivity contribution in [2.24, 2.45) is 0 Å². The number of anilines is 2. The lowest BCUT2D eigenvalue weighted by molar-refractivity contribution is -0.132. The van der Waals surface area contributed by atoms with E-state index in [1.54, 1.807) is 23.9 Å². The smallest absolute Gasteiger partial charge is 0.328 e. The van der Waals surface area contributed by atoms with Crippen LogP contribution in [0, 0.1) is 6.92 Å². The molecular weight excluding hydrogens is 693 g/mol. The second-order valence-corrected chi connectivity index (χ2v) is 14.9. The fraction of sp³-hybridized carbons (Fsp3) is 0.326. The molecule has 8 rings (SSSR count). The van der Waals surface area contributed by atoms with Gasteiger partial charge in [-0.2, -0.15) is 0 Å². The summed E-state index contributed by atoms with van der Waals surface area (Å²) in [6.45, 7) is 7.90. The number of amides is 5. The summed E-state index contributed by atoms with van der Waals surface area (Å²) in [5.74, 6) is -0.0647. The third-order valence-electron chi connectivity index (χ3n) is 11.2. The van der Waals surface area contributed by atoms with E-state index >= 15 is 0 Å². The summed E-state index contributed by atoms with van der Waals surface area (Å²) >= 11 is 0. The first-order valence-corrected chi connectivity index (χ1v) is 19.0. The predicted octanol–water partition coefficient (Wildman–Crippen LogP) is 5.45. The Morgan fingerprint density at radius 1 is 0.818 bits per heavy atom. The van der Waals surface area contributed by atoms with E-state index in [2.05, 4.69) is 45.2 Å². The fourth-order valence-corrected chi connectivity index (χ4v) is 8.01. The number of carbonyl (C=O) groups is 4. The van der Waals surface area contributed by atoms with Crippen LogP contribution in [0.2, 0.25) is 0 Å². The molecule has 0 radical (unpaired) electrons. The van der Waals surface area contributed by atoms with E-state index in [4.69, 9.17) is 4.98 Å². The van der Waals surface area contributed by atoms with Crippen molar-refractivity contribution in [1.29, 1.82) is 0 Å². The normalized spacial score (nSPS) is 16.3. The van der Waals surface area contributed by atoms with Crippen LogP contribution >= 0.6 is 0 Å². The minimum atomic E-state index is -0.385.